The minimum Gasteiger partial charge on any atom is -0.363 e. The van der Waals surface area contributed by atoms with Crippen LogP contribution in [0.5, 0.6) is 0 Å². The van der Waals surface area contributed by atoms with Crippen molar-refractivity contribution in [3.8, 4) is 0 Å². The van der Waals surface area contributed by atoms with Gasteiger partial charge in [-0.05, 0) is 20.3 Å². The van der Waals surface area contributed by atoms with E-state index in [1.54, 1.807) is 6.20 Å². The summed E-state index contributed by atoms with van der Waals surface area (Å²) in [6.07, 6.45) is 3.85. The zero-order valence-electron chi connectivity index (χ0n) is 8.45. The summed E-state index contributed by atoms with van der Waals surface area (Å²) in [5.41, 5.74) is 5.43. The van der Waals surface area contributed by atoms with E-state index in [4.69, 9.17) is 5.73 Å². The lowest BCUT2D eigenvalue weighted by Crippen LogP contribution is -2.29. The van der Waals surface area contributed by atoms with Gasteiger partial charge in [0.15, 0.2) is 5.82 Å². The summed E-state index contributed by atoms with van der Waals surface area (Å²) in [6.45, 7) is 3.90. The Bertz CT molecular complexity index is 334. The first-order chi connectivity index (χ1) is 6.59. The van der Waals surface area contributed by atoms with E-state index in [-0.39, 0.29) is 17.6 Å². The average Bonchev–Trinajstić information content (AvgIpc) is 2.07. The van der Waals surface area contributed by atoms with Gasteiger partial charge in [-0.3, -0.25) is 4.79 Å². The van der Waals surface area contributed by atoms with Gasteiger partial charge >= 0.3 is 0 Å². The zero-order chi connectivity index (χ0) is 10.6. The number of H-pyrrole nitrogens is 1. The Balaban J connectivity index is 2.60. The lowest BCUT2D eigenvalue weighted by Gasteiger charge is -2.15. The molecule has 5 heteroatoms. The fourth-order valence-electron chi connectivity index (χ4n) is 1.30. The van der Waals surface area contributed by atoms with Gasteiger partial charge in [-0.2, -0.15) is 0 Å². The summed E-state index contributed by atoms with van der Waals surface area (Å²) in [5.74, 6) is 0.348. The number of aromatic nitrogens is 2. The molecule has 0 bridgehead atoms. The van der Waals surface area contributed by atoms with Gasteiger partial charge in [0.2, 0.25) is 0 Å². The van der Waals surface area contributed by atoms with Gasteiger partial charge in [0.1, 0.15) is 0 Å². The van der Waals surface area contributed by atoms with Crippen LogP contribution in [0.2, 0.25) is 0 Å². The summed E-state index contributed by atoms with van der Waals surface area (Å²) in [4.78, 5) is 17.7. The van der Waals surface area contributed by atoms with Crippen LogP contribution in [0.4, 0.5) is 5.82 Å². The molecule has 0 aliphatic carbocycles. The van der Waals surface area contributed by atoms with Crippen LogP contribution in [-0.2, 0) is 0 Å². The van der Waals surface area contributed by atoms with Crippen molar-refractivity contribution in [2.24, 2.45) is 5.73 Å². The van der Waals surface area contributed by atoms with Crippen molar-refractivity contribution in [3.63, 3.8) is 0 Å². The average molecular weight is 196 g/mol. The summed E-state index contributed by atoms with van der Waals surface area (Å²) in [6, 6.07) is 0.256. The van der Waals surface area contributed by atoms with Crippen LogP contribution < -0.4 is 16.6 Å². The summed E-state index contributed by atoms with van der Waals surface area (Å²) in [5, 5.41) is 3.01. The number of rotatable bonds is 4. The zero-order valence-corrected chi connectivity index (χ0v) is 8.45. The van der Waals surface area contributed by atoms with Crippen LogP contribution >= 0.6 is 0 Å². The third kappa shape index (κ3) is 3.18. The quantitative estimate of drug-likeness (QED) is 0.647. The molecular formula is C9H16N4O. The summed E-state index contributed by atoms with van der Waals surface area (Å²) >= 11 is 0. The number of hydrogen-bond acceptors (Lipinski definition) is 4. The van der Waals surface area contributed by atoms with Crippen LogP contribution in [0.25, 0.3) is 0 Å². The molecule has 0 aromatic carbocycles. The van der Waals surface area contributed by atoms with Gasteiger partial charge in [0, 0.05) is 24.5 Å². The van der Waals surface area contributed by atoms with Gasteiger partial charge in [-0.15, -0.1) is 0 Å². The minimum atomic E-state index is -0.205. The van der Waals surface area contributed by atoms with Gasteiger partial charge < -0.3 is 16.0 Å². The molecule has 0 aliphatic heterocycles. The highest BCUT2D eigenvalue weighted by Gasteiger charge is 2.07. The van der Waals surface area contributed by atoms with Gasteiger partial charge in [-0.1, -0.05) is 0 Å². The molecule has 0 spiro atoms. The van der Waals surface area contributed by atoms with Gasteiger partial charge in [-0.25, -0.2) is 4.98 Å². The molecule has 2 unspecified atom stereocenters. The molecule has 1 rings (SSSR count). The van der Waals surface area contributed by atoms with E-state index in [9.17, 15) is 4.79 Å². The van der Waals surface area contributed by atoms with Crippen molar-refractivity contribution in [3.05, 3.63) is 22.7 Å². The maximum atomic E-state index is 11.2. The maximum absolute atomic E-state index is 11.2. The molecule has 0 saturated heterocycles. The molecule has 0 saturated carbocycles. The highest BCUT2D eigenvalue weighted by molar-refractivity contribution is 5.31. The molecule has 0 amide bonds. The molecule has 4 N–H and O–H groups in total. The lowest BCUT2D eigenvalue weighted by molar-refractivity contribution is 0.603. The van der Waals surface area contributed by atoms with E-state index < -0.39 is 0 Å². The molecule has 1 heterocycles. The predicted octanol–water partition coefficient (Wildman–Crippen LogP) is 0.308. The van der Waals surface area contributed by atoms with Crippen LogP contribution in [-0.4, -0.2) is 22.1 Å². The van der Waals surface area contributed by atoms with Crippen LogP contribution in [0, 0.1) is 0 Å². The highest BCUT2D eigenvalue weighted by atomic mass is 16.1. The van der Waals surface area contributed by atoms with Crippen molar-refractivity contribution in [1.29, 1.82) is 0 Å². The second-order valence-corrected chi connectivity index (χ2v) is 3.53. The number of nitrogens with two attached hydrogens (primary N) is 1. The fraction of sp³-hybridized carbons (Fsp3) is 0.556. The molecule has 1 aromatic heterocycles. The predicted molar refractivity (Wildman–Crippen MR) is 56.2 cm³/mol. The first kappa shape index (κ1) is 10.7. The van der Waals surface area contributed by atoms with E-state index in [2.05, 4.69) is 15.3 Å². The molecule has 14 heavy (non-hydrogen) atoms. The largest absolute Gasteiger partial charge is 0.363 e. The van der Waals surface area contributed by atoms with E-state index in [1.807, 2.05) is 13.8 Å². The Morgan fingerprint density at radius 1 is 1.64 bits per heavy atom. The second-order valence-electron chi connectivity index (χ2n) is 3.53. The molecule has 0 radical (unpaired) electrons. The molecular weight excluding hydrogens is 180 g/mol. The van der Waals surface area contributed by atoms with Crippen LogP contribution in [0.15, 0.2) is 17.2 Å². The third-order valence-electron chi connectivity index (χ3n) is 1.82. The molecule has 78 valence electrons. The second kappa shape index (κ2) is 4.76. The number of nitrogens with zero attached hydrogens (tertiary/aromatic N) is 1. The van der Waals surface area contributed by atoms with E-state index in [1.165, 1.54) is 6.20 Å². The Labute approximate surface area is 82.7 Å². The molecule has 0 aliphatic rings. The van der Waals surface area contributed by atoms with Crippen molar-refractivity contribution < 1.29 is 0 Å². The van der Waals surface area contributed by atoms with Crippen molar-refractivity contribution in [1.82, 2.24) is 9.97 Å². The third-order valence-corrected chi connectivity index (χ3v) is 1.82. The van der Waals surface area contributed by atoms with Crippen molar-refractivity contribution in [2.75, 3.05) is 5.32 Å². The van der Waals surface area contributed by atoms with Gasteiger partial charge in [0.05, 0.1) is 0 Å². The lowest BCUT2D eigenvalue weighted by atomic mass is 10.1. The Kier molecular flexibility index (Phi) is 3.64. The monoisotopic (exact) mass is 196 g/mol. The number of nitrogens with one attached hydrogen (secondary N) is 2. The minimum absolute atomic E-state index is 0.111. The summed E-state index contributed by atoms with van der Waals surface area (Å²) < 4.78 is 0. The van der Waals surface area contributed by atoms with Gasteiger partial charge in [0.25, 0.3) is 5.56 Å². The SMILES string of the molecule is CC(N)CC(C)Nc1ncc[nH]c1=O. The first-order valence-corrected chi connectivity index (χ1v) is 4.65. The van der Waals surface area contributed by atoms with Crippen LogP contribution in [0.1, 0.15) is 20.3 Å². The molecule has 1 aromatic rings. The summed E-state index contributed by atoms with van der Waals surface area (Å²) in [7, 11) is 0. The van der Waals surface area contributed by atoms with Crippen molar-refractivity contribution in [2.45, 2.75) is 32.4 Å². The number of anilines is 1. The highest BCUT2D eigenvalue weighted by Crippen LogP contribution is 2.00. The molecule has 2 atom stereocenters. The van der Waals surface area contributed by atoms with E-state index in [0.717, 1.165) is 6.42 Å². The van der Waals surface area contributed by atoms with E-state index in [0.29, 0.717) is 5.82 Å². The Hall–Kier alpha value is -1.36. The molecule has 5 nitrogen and oxygen atoms in total. The van der Waals surface area contributed by atoms with Crippen molar-refractivity contribution >= 4 is 5.82 Å². The standard InChI is InChI=1S/C9H16N4O/c1-6(10)5-7(2)13-8-9(14)12-4-3-11-8/h3-4,6-7H,5,10H2,1-2H3,(H,11,13)(H,12,14). The number of aromatic amines is 1. The van der Waals surface area contributed by atoms with Crippen LogP contribution in [0.3, 0.4) is 0 Å². The smallest absolute Gasteiger partial charge is 0.290 e. The van der Waals surface area contributed by atoms with E-state index >= 15 is 0 Å². The normalized spacial score (nSPS) is 14.8. The number of hydrogen-bond donors (Lipinski definition) is 3. The Morgan fingerprint density at radius 3 is 2.93 bits per heavy atom. The fourth-order valence-corrected chi connectivity index (χ4v) is 1.30. The first-order valence-electron chi connectivity index (χ1n) is 4.65. The molecule has 0 fully saturated rings. The Morgan fingerprint density at radius 2 is 2.36 bits per heavy atom. The maximum Gasteiger partial charge on any atom is 0.290 e. The topological polar surface area (TPSA) is 83.8 Å².